The van der Waals surface area contributed by atoms with Crippen LogP contribution >= 0.6 is 0 Å². The van der Waals surface area contributed by atoms with E-state index in [0.717, 1.165) is 0 Å². The predicted octanol–water partition coefficient (Wildman–Crippen LogP) is 2.04. The maximum absolute atomic E-state index is 11.8. The molecule has 0 spiro atoms. The van der Waals surface area contributed by atoms with Crippen LogP contribution in [-0.4, -0.2) is 23.2 Å². The lowest BCUT2D eigenvalue weighted by atomic mass is 10.4. The Morgan fingerprint density at radius 3 is 2.89 bits per heavy atom. The summed E-state index contributed by atoms with van der Waals surface area (Å²) in [6.07, 6.45) is -0.635. The quantitative estimate of drug-likeness (QED) is 0.765. The summed E-state index contributed by atoms with van der Waals surface area (Å²) in [6, 6.07) is 3.18. The lowest BCUT2D eigenvalue weighted by Gasteiger charge is -2.07. The van der Waals surface area contributed by atoms with Crippen molar-refractivity contribution in [1.29, 1.82) is 0 Å². The number of carbonyl (C=O) groups is 1. The fraction of sp³-hybridized carbons (Fsp3) is 0.417. The van der Waals surface area contributed by atoms with E-state index in [1.807, 2.05) is 0 Å². The van der Waals surface area contributed by atoms with Crippen LogP contribution in [0.25, 0.3) is 0 Å². The van der Waals surface area contributed by atoms with Crippen LogP contribution in [-0.2, 0) is 16.1 Å². The highest BCUT2D eigenvalue weighted by Gasteiger charge is 2.21. The first-order chi connectivity index (χ1) is 9.10. The monoisotopic (exact) mass is 266 g/mol. The lowest BCUT2D eigenvalue weighted by Crippen LogP contribution is -2.08. The van der Waals surface area contributed by atoms with E-state index < -0.39 is 12.1 Å². The Balaban J connectivity index is 1.99. The molecule has 0 amide bonds. The molecule has 7 nitrogen and oxygen atoms in total. The van der Waals surface area contributed by atoms with E-state index in [4.69, 9.17) is 18.4 Å². The van der Waals surface area contributed by atoms with E-state index in [0.29, 0.717) is 18.2 Å². The molecule has 2 aromatic rings. The number of methoxy groups -OCH3 is 1. The number of rotatable bonds is 5. The van der Waals surface area contributed by atoms with Crippen LogP contribution in [0.2, 0.25) is 0 Å². The molecule has 1 atom stereocenters. The molecule has 0 N–H and O–H groups in total. The Morgan fingerprint density at radius 2 is 2.26 bits per heavy atom. The number of aromatic nitrogens is 2. The molecule has 19 heavy (non-hydrogen) atoms. The summed E-state index contributed by atoms with van der Waals surface area (Å²) in [5.41, 5.74) is 0. The van der Waals surface area contributed by atoms with Crippen molar-refractivity contribution in [2.75, 3.05) is 7.11 Å². The van der Waals surface area contributed by atoms with Gasteiger partial charge in [-0.15, -0.1) is 0 Å². The van der Waals surface area contributed by atoms with Gasteiger partial charge in [-0.2, -0.15) is 4.98 Å². The largest absolute Gasteiger partial charge is 0.452 e. The standard InChI is InChI=1S/C12H14N2O5/c1-7(11-13-8(2)14-19-11)17-12(15)10-5-4-9(18-10)6-16-3/h4-5,7H,6H2,1-3H3. The highest BCUT2D eigenvalue weighted by molar-refractivity contribution is 5.86. The van der Waals surface area contributed by atoms with E-state index in [1.165, 1.54) is 6.07 Å². The highest BCUT2D eigenvalue weighted by atomic mass is 16.6. The minimum absolute atomic E-state index is 0.107. The first-order valence-corrected chi connectivity index (χ1v) is 5.69. The van der Waals surface area contributed by atoms with Gasteiger partial charge in [-0.3, -0.25) is 0 Å². The molecule has 0 fully saturated rings. The number of aryl methyl sites for hydroxylation is 1. The topological polar surface area (TPSA) is 87.6 Å². The molecule has 2 aromatic heterocycles. The number of esters is 1. The smallest absolute Gasteiger partial charge is 0.375 e. The average Bonchev–Trinajstić information content (AvgIpc) is 2.98. The number of hydrogen-bond acceptors (Lipinski definition) is 7. The van der Waals surface area contributed by atoms with Crippen molar-refractivity contribution >= 4 is 5.97 Å². The van der Waals surface area contributed by atoms with Gasteiger partial charge in [0.05, 0.1) is 0 Å². The van der Waals surface area contributed by atoms with E-state index in [-0.39, 0.29) is 11.7 Å². The second-order valence-electron chi connectivity index (χ2n) is 3.93. The third kappa shape index (κ3) is 3.19. The summed E-state index contributed by atoms with van der Waals surface area (Å²) in [4.78, 5) is 15.8. The predicted molar refractivity (Wildman–Crippen MR) is 62.3 cm³/mol. The summed E-state index contributed by atoms with van der Waals surface area (Å²) >= 11 is 0. The Kier molecular flexibility index (Phi) is 3.96. The maximum Gasteiger partial charge on any atom is 0.375 e. The average molecular weight is 266 g/mol. The molecular weight excluding hydrogens is 252 g/mol. The molecule has 0 saturated carbocycles. The first-order valence-electron chi connectivity index (χ1n) is 5.69. The van der Waals surface area contributed by atoms with E-state index >= 15 is 0 Å². The van der Waals surface area contributed by atoms with Gasteiger partial charge in [0, 0.05) is 7.11 Å². The van der Waals surface area contributed by atoms with Gasteiger partial charge in [0.15, 0.2) is 11.9 Å². The van der Waals surface area contributed by atoms with Gasteiger partial charge in [-0.1, -0.05) is 5.16 Å². The van der Waals surface area contributed by atoms with Gasteiger partial charge in [0.2, 0.25) is 5.76 Å². The van der Waals surface area contributed by atoms with Gasteiger partial charge >= 0.3 is 5.97 Å². The van der Waals surface area contributed by atoms with Gasteiger partial charge in [-0.05, 0) is 26.0 Å². The number of hydrogen-bond donors (Lipinski definition) is 0. The number of ether oxygens (including phenoxy) is 2. The Hall–Kier alpha value is -2.15. The molecule has 0 aromatic carbocycles. The van der Waals surface area contributed by atoms with Gasteiger partial charge < -0.3 is 18.4 Å². The summed E-state index contributed by atoms with van der Waals surface area (Å²) in [7, 11) is 1.54. The fourth-order valence-corrected chi connectivity index (χ4v) is 1.45. The summed E-state index contributed by atoms with van der Waals surface area (Å²) < 4.78 is 20.2. The van der Waals surface area contributed by atoms with E-state index in [1.54, 1.807) is 27.0 Å². The van der Waals surface area contributed by atoms with E-state index in [2.05, 4.69) is 10.1 Å². The molecule has 1 unspecified atom stereocenters. The van der Waals surface area contributed by atoms with Crippen LogP contribution in [0, 0.1) is 6.92 Å². The number of furan rings is 1. The SMILES string of the molecule is COCc1ccc(C(=O)OC(C)c2nc(C)no2)o1. The first kappa shape index (κ1) is 13.3. The lowest BCUT2D eigenvalue weighted by molar-refractivity contribution is 0.0225. The van der Waals surface area contributed by atoms with Crippen molar-refractivity contribution in [3.8, 4) is 0 Å². The number of nitrogens with zero attached hydrogens (tertiary/aromatic N) is 2. The van der Waals surface area contributed by atoms with Gasteiger partial charge in [-0.25, -0.2) is 4.79 Å². The zero-order valence-corrected chi connectivity index (χ0v) is 10.9. The molecule has 0 saturated heterocycles. The molecule has 7 heteroatoms. The number of carbonyl (C=O) groups excluding carboxylic acids is 1. The Labute approximate surface area is 109 Å². The van der Waals surface area contributed by atoms with Gasteiger partial charge in [0.1, 0.15) is 12.4 Å². The molecular formula is C12H14N2O5. The second-order valence-corrected chi connectivity index (χ2v) is 3.93. The van der Waals surface area contributed by atoms with Crippen LogP contribution in [0.1, 0.15) is 41.1 Å². The Bertz CT molecular complexity index is 560. The Morgan fingerprint density at radius 1 is 1.47 bits per heavy atom. The van der Waals surface area contributed by atoms with Crippen LogP contribution in [0.4, 0.5) is 0 Å². The van der Waals surface area contributed by atoms with E-state index in [9.17, 15) is 4.79 Å². The maximum atomic E-state index is 11.8. The van der Waals surface area contributed by atoms with Crippen molar-refractivity contribution in [2.24, 2.45) is 0 Å². The zero-order valence-electron chi connectivity index (χ0n) is 10.9. The van der Waals surface area contributed by atoms with Crippen molar-refractivity contribution in [1.82, 2.24) is 10.1 Å². The summed E-state index contributed by atoms with van der Waals surface area (Å²) in [5.74, 6) is 0.796. The van der Waals surface area contributed by atoms with Crippen molar-refractivity contribution < 1.29 is 23.2 Å². The molecule has 2 rings (SSSR count). The van der Waals surface area contributed by atoms with Gasteiger partial charge in [0.25, 0.3) is 5.89 Å². The van der Waals surface area contributed by atoms with Crippen LogP contribution in [0.3, 0.4) is 0 Å². The summed E-state index contributed by atoms with van der Waals surface area (Å²) in [5, 5.41) is 3.63. The minimum Gasteiger partial charge on any atom is -0.452 e. The zero-order chi connectivity index (χ0) is 13.8. The van der Waals surface area contributed by atoms with Crippen LogP contribution in [0.15, 0.2) is 21.1 Å². The molecule has 2 heterocycles. The normalized spacial score (nSPS) is 12.4. The molecule has 0 bridgehead atoms. The minimum atomic E-state index is -0.635. The fourth-order valence-electron chi connectivity index (χ4n) is 1.45. The van der Waals surface area contributed by atoms with Crippen molar-refractivity contribution in [3.05, 3.63) is 35.4 Å². The molecule has 0 aliphatic carbocycles. The second kappa shape index (κ2) is 5.66. The van der Waals surface area contributed by atoms with Crippen LogP contribution in [0.5, 0.6) is 0 Å². The van der Waals surface area contributed by atoms with Crippen molar-refractivity contribution in [3.63, 3.8) is 0 Å². The molecule has 0 radical (unpaired) electrons. The van der Waals surface area contributed by atoms with Crippen LogP contribution < -0.4 is 0 Å². The highest BCUT2D eigenvalue weighted by Crippen LogP contribution is 2.18. The van der Waals surface area contributed by atoms with Crippen molar-refractivity contribution in [2.45, 2.75) is 26.6 Å². The summed E-state index contributed by atoms with van der Waals surface area (Å²) in [6.45, 7) is 3.63. The molecule has 102 valence electrons. The molecule has 0 aliphatic heterocycles. The molecule has 0 aliphatic rings. The third-order valence-electron chi connectivity index (χ3n) is 2.32. The third-order valence-corrected chi connectivity index (χ3v) is 2.32.